The van der Waals surface area contributed by atoms with Crippen molar-refractivity contribution in [1.82, 2.24) is 5.16 Å². The van der Waals surface area contributed by atoms with Crippen LogP contribution in [-0.4, -0.2) is 5.16 Å². The lowest BCUT2D eigenvalue weighted by Crippen LogP contribution is -1.89. The maximum absolute atomic E-state index is 13.6. The number of aryl methyl sites for hydroxylation is 1. The maximum atomic E-state index is 13.6. The average molecular weight is 303 g/mol. The van der Waals surface area contributed by atoms with Crippen LogP contribution in [0.1, 0.15) is 5.56 Å². The summed E-state index contributed by atoms with van der Waals surface area (Å²) in [5.41, 5.74) is 9.17. The van der Waals surface area contributed by atoms with Crippen LogP contribution in [0, 0.1) is 12.7 Å². The molecule has 0 atom stereocenters. The van der Waals surface area contributed by atoms with Gasteiger partial charge in [-0.15, -0.1) is 0 Å². The molecule has 0 aliphatic rings. The quantitative estimate of drug-likeness (QED) is 0.747. The van der Waals surface area contributed by atoms with Crippen molar-refractivity contribution in [2.75, 3.05) is 5.73 Å². The van der Waals surface area contributed by atoms with E-state index in [-0.39, 0.29) is 11.7 Å². The normalized spacial score (nSPS) is 10.8. The van der Waals surface area contributed by atoms with Crippen LogP contribution in [0.2, 0.25) is 5.02 Å². The van der Waals surface area contributed by atoms with Gasteiger partial charge < -0.3 is 10.3 Å². The highest BCUT2D eigenvalue weighted by atomic mass is 35.5. The van der Waals surface area contributed by atoms with Crippen molar-refractivity contribution in [3.05, 3.63) is 58.9 Å². The molecule has 0 saturated heterocycles. The predicted octanol–water partition coefficient (Wildman–Crippen LogP) is 4.69. The first kappa shape index (κ1) is 13.6. The Morgan fingerprint density at radius 2 is 1.95 bits per heavy atom. The SMILES string of the molecule is Cc1cc(F)cc(-c2noc(N)c2-c2cccc(Cl)c2)c1. The average Bonchev–Trinajstić information content (AvgIpc) is 2.79. The van der Waals surface area contributed by atoms with Crippen molar-refractivity contribution in [2.45, 2.75) is 6.92 Å². The van der Waals surface area contributed by atoms with Crippen LogP contribution in [0.5, 0.6) is 0 Å². The molecule has 0 aliphatic heterocycles. The van der Waals surface area contributed by atoms with Crippen LogP contribution in [0.3, 0.4) is 0 Å². The van der Waals surface area contributed by atoms with Crippen LogP contribution >= 0.6 is 11.6 Å². The second kappa shape index (κ2) is 5.22. The highest BCUT2D eigenvalue weighted by Gasteiger charge is 2.18. The fourth-order valence-corrected chi connectivity index (χ4v) is 2.49. The summed E-state index contributed by atoms with van der Waals surface area (Å²) in [5, 5.41) is 4.54. The Morgan fingerprint density at radius 1 is 1.14 bits per heavy atom. The number of nitrogen functional groups attached to an aromatic ring is 1. The number of aromatic nitrogens is 1. The monoisotopic (exact) mass is 302 g/mol. The Hall–Kier alpha value is -2.33. The van der Waals surface area contributed by atoms with Gasteiger partial charge >= 0.3 is 0 Å². The Labute approximate surface area is 126 Å². The van der Waals surface area contributed by atoms with E-state index in [0.717, 1.165) is 11.1 Å². The molecule has 3 rings (SSSR count). The molecule has 3 aromatic rings. The van der Waals surface area contributed by atoms with Crippen LogP contribution in [-0.2, 0) is 0 Å². The van der Waals surface area contributed by atoms with Gasteiger partial charge in [0.2, 0.25) is 5.88 Å². The number of hydrogen-bond donors (Lipinski definition) is 1. The van der Waals surface area contributed by atoms with Gasteiger partial charge in [0.1, 0.15) is 11.5 Å². The van der Waals surface area contributed by atoms with Crippen LogP contribution in [0.25, 0.3) is 22.4 Å². The van der Waals surface area contributed by atoms with Crippen molar-refractivity contribution in [2.24, 2.45) is 0 Å². The van der Waals surface area contributed by atoms with Crippen molar-refractivity contribution in [3.8, 4) is 22.4 Å². The molecule has 2 aromatic carbocycles. The summed E-state index contributed by atoms with van der Waals surface area (Å²) in [6.45, 7) is 1.81. The highest BCUT2D eigenvalue weighted by molar-refractivity contribution is 6.30. The maximum Gasteiger partial charge on any atom is 0.230 e. The van der Waals surface area contributed by atoms with Gasteiger partial charge in [0.25, 0.3) is 0 Å². The minimum Gasteiger partial charge on any atom is -0.367 e. The van der Waals surface area contributed by atoms with E-state index in [4.69, 9.17) is 21.9 Å². The Kier molecular flexibility index (Phi) is 3.39. The molecule has 0 amide bonds. The van der Waals surface area contributed by atoms with E-state index in [1.54, 1.807) is 12.1 Å². The van der Waals surface area contributed by atoms with Gasteiger partial charge in [0.05, 0.1) is 5.56 Å². The van der Waals surface area contributed by atoms with Crippen molar-refractivity contribution >= 4 is 17.5 Å². The molecule has 0 radical (unpaired) electrons. The topological polar surface area (TPSA) is 52.0 Å². The molecule has 106 valence electrons. The Bertz CT molecular complexity index is 794. The molecular formula is C16H12ClFN2O. The third-order valence-electron chi connectivity index (χ3n) is 3.15. The lowest BCUT2D eigenvalue weighted by atomic mass is 10.00. The summed E-state index contributed by atoms with van der Waals surface area (Å²) in [6, 6.07) is 11.9. The van der Waals surface area contributed by atoms with Gasteiger partial charge in [0, 0.05) is 10.6 Å². The van der Waals surface area contributed by atoms with Crippen LogP contribution < -0.4 is 5.73 Å². The summed E-state index contributed by atoms with van der Waals surface area (Å²) < 4.78 is 18.7. The van der Waals surface area contributed by atoms with E-state index in [9.17, 15) is 4.39 Å². The predicted molar refractivity (Wildman–Crippen MR) is 81.5 cm³/mol. The first-order valence-corrected chi connectivity index (χ1v) is 6.71. The molecule has 0 unspecified atom stereocenters. The fourth-order valence-electron chi connectivity index (χ4n) is 2.30. The summed E-state index contributed by atoms with van der Waals surface area (Å²) in [4.78, 5) is 0. The van der Waals surface area contributed by atoms with Gasteiger partial charge in [-0.3, -0.25) is 0 Å². The van der Waals surface area contributed by atoms with E-state index >= 15 is 0 Å². The first-order valence-electron chi connectivity index (χ1n) is 6.33. The summed E-state index contributed by atoms with van der Waals surface area (Å²) in [7, 11) is 0. The number of rotatable bonds is 2. The number of halogens is 2. The number of nitrogens with zero attached hydrogens (tertiary/aromatic N) is 1. The second-order valence-corrected chi connectivity index (χ2v) is 5.23. The number of nitrogens with two attached hydrogens (primary N) is 1. The first-order chi connectivity index (χ1) is 10.0. The molecular weight excluding hydrogens is 291 g/mol. The summed E-state index contributed by atoms with van der Waals surface area (Å²) in [5.74, 6) is -0.155. The smallest absolute Gasteiger partial charge is 0.230 e. The van der Waals surface area contributed by atoms with Gasteiger partial charge in [0.15, 0.2) is 0 Å². The van der Waals surface area contributed by atoms with E-state index < -0.39 is 0 Å². The molecule has 0 fully saturated rings. The largest absolute Gasteiger partial charge is 0.367 e. The third-order valence-corrected chi connectivity index (χ3v) is 3.38. The zero-order valence-corrected chi connectivity index (χ0v) is 12.0. The number of hydrogen-bond acceptors (Lipinski definition) is 3. The molecule has 3 nitrogen and oxygen atoms in total. The lowest BCUT2D eigenvalue weighted by molar-refractivity contribution is 0.439. The number of benzene rings is 2. The molecule has 2 N–H and O–H groups in total. The molecule has 1 heterocycles. The lowest BCUT2D eigenvalue weighted by Gasteiger charge is -2.05. The van der Waals surface area contributed by atoms with Gasteiger partial charge in [-0.25, -0.2) is 4.39 Å². The van der Waals surface area contributed by atoms with Crippen LogP contribution in [0.4, 0.5) is 10.3 Å². The Morgan fingerprint density at radius 3 is 2.67 bits per heavy atom. The fraction of sp³-hybridized carbons (Fsp3) is 0.0625. The molecule has 0 aliphatic carbocycles. The van der Waals surface area contributed by atoms with Gasteiger partial charge in [-0.1, -0.05) is 28.9 Å². The van der Waals surface area contributed by atoms with Gasteiger partial charge in [-0.2, -0.15) is 0 Å². The van der Waals surface area contributed by atoms with Crippen molar-refractivity contribution in [3.63, 3.8) is 0 Å². The molecule has 0 bridgehead atoms. The second-order valence-electron chi connectivity index (χ2n) is 4.80. The molecule has 21 heavy (non-hydrogen) atoms. The van der Waals surface area contributed by atoms with Crippen molar-refractivity contribution in [1.29, 1.82) is 0 Å². The van der Waals surface area contributed by atoms with E-state index in [1.807, 2.05) is 25.1 Å². The zero-order chi connectivity index (χ0) is 15.0. The minimum absolute atomic E-state index is 0.175. The van der Waals surface area contributed by atoms with Crippen LogP contribution in [0.15, 0.2) is 47.0 Å². The third kappa shape index (κ3) is 2.62. The molecule has 0 saturated carbocycles. The zero-order valence-electron chi connectivity index (χ0n) is 11.2. The van der Waals surface area contributed by atoms with E-state index in [2.05, 4.69) is 5.16 Å². The van der Waals surface area contributed by atoms with E-state index in [1.165, 1.54) is 12.1 Å². The minimum atomic E-state index is -0.330. The Balaban J connectivity index is 2.21. The summed E-state index contributed by atoms with van der Waals surface area (Å²) >= 11 is 6.01. The molecule has 1 aromatic heterocycles. The number of anilines is 1. The summed E-state index contributed by atoms with van der Waals surface area (Å²) in [6.07, 6.45) is 0. The molecule has 0 spiro atoms. The molecule has 5 heteroatoms. The standard InChI is InChI=1S/C16H12ClFN2O/c1-9-5-11(8-13(18)6-9)15-14(16(19)21-20-15)10-3-2-4-12(17)7-10/h2-8H,19H2,1H3. The highest BCUT2D eigenvalue weighted by Crippen LogP contribution is 2.37. The van der Waals surface area contributed by atoms with Gasteiger partial charge in [-0.05, 0) is 48.4 Å². The van der Waals surface area contributed by atoms with Crippen molar-refractivity contribution < 1.29 is 8.91 Å². The van der Waals surface area contributed by atoms with E-state index in [0.29, 0.717) is 21.8 Å².